The van der Waals surface area contributed by atoms with Gasteiger partial charge in [0.1, 0.15) is 0 Å². The van der Waals surface area contributed by atoms with Gasteiger partial charge in [-0.3, -0.25) is 0 Å². The summed E-state index contributed by atoms with van der Waals surface area (Å²) in [5, 5.41) is 1.38. The molecule has 0 spiro atoms. The Balaban J connectivity index is 1.37. The van der Waals surface area contributed by atoms with Gasteiger partial charge in [0.25, 0.3) is 0 Å². The van der Waals surface area contributed by atoms with E-state index in [2.05, 4.69) is 36.4 Å². The molecule has 0 atom stereocenters. The van der Waals surface area contributed by atoms with Gasteiger partial charge in [-0.2, -0.15) is 0 Å². The summed E-state index contributed by atoms with van der Waals surface area (Å²) in [5.41, 5.74) is 4.34. The number of hydrogen-bond donors (Lipinski definition) is 0. The first-order valence-corrected chi connectivity index (χ1v) is 15.9. The van der Waals surface area contributed by atoms with Gasteiger partial charge < -0.3 is 0 Å². The van der Waals surface area contributed by atoms with Gasteiger partial charge in [-0.1, -0.05) is 113 Å². The van der Waals surface area contributed by atoms with Gasteiger partial charge in [-0.05, 0) is 68.6 Å². The van der Waals surface area contributed by atoms with Gasteiger partial charge in [0, 0.05) is 6.42 Å². The quantitative estimate of drug-likeness (QED) is 0.387. The zero-order valence-corrected chi connectivity index (χ0v) is 23.1. The molecule has 35 heavy (non-hydrogen) atoms. The lowest BCUT2D eigenvalue weighted by molar-refractivity contribution is 0.392. The molecule has 2 aromatic rings. The van der Waals surface area contributed by atoms with Crippen molar-refractivity contribution in [2.45, 2.75) is 135 Å². The molecule has 0 radical (unpaired) electrons. The first-order valence-electron chi connectivity index (χ1n) is 15.1. The third-order valence-electron chi connectivity index (χ3n) is 8.17. The van der Waals surface area contributed by atoms with E-state index in [9.17, 15) is 0 Å². The van der Waals surface area contributed by atoms with E-state index in [-0.39, 0.29) is 0 Å². The van der Waals surface area contributed by atoms with Crippen LogP contribution in [-0.2, 0) is 12.8 Å². The lowest BCUT2D eigenvalue weighted by atomic mass is 9.91. The lowest BCUT2D eigenvalue weighted by Gasteiger charge is -2.16. The highest BCUT2D eigenvalue weighted by atomic mass is 32.1. The Morgan fingerprint density at radius 1 is 0.714 bits per heavy atom. The fourth-order valence-electron chi connectivity index (χ4n) is 6.03. The predicted molar refractivity (Wildman–Crippen MR) is 155 cm³/mol. The van der Waals surface area contributed by atoms with Gasteiger partial charge in [-0.25, -0.2) is 4.98 Å². The number of aromatic nitrogens is 1. The molecule has 2 heteroatoms. The average Bonchev–Trinajstić information content (AvgIpc) is 3.24. The van der Waals surface area contributed by atoms with Crippen LogP contribution in [0.3, 0.4) is 0 Å². The van der Waals surface area contributed by atoms with Crippen molar-refractivity contribution >= 4 is 21.6 Å². The smallest absolute Gasteiger partial charge is 0.0941 e. The third-order valence-corrected chi connectivity index (χ3v) is 9.23. The summed E-state index contributed by atoms with van der Waals surface area (Å²) in [7, 11) is 0. The number of benzene rings is 1. The Hall–Kier alpha value is -1.41. The molecule has 0 amide bonds. The van der Waals surface area contributed by atoms with Gasteiger partial charge in [0.05, 0.1) is 15.2 Å². The Bertz CT molecular complexity index is 908. The average molecular weight is 492 g/mol. The van der Waals surface area contributed by atoms with Crippen molar-refractivity contribution in [2.24, 2.45) is 5.92 Å². The molecule has 4 rings (SSSR count). The molecule has 0 bridgehead atoms. The second kappa shape index (κ2) is 15.6. The Kier molecular flexibility index (Phi) is 11.9. The number of fused-ring (bicyclic) bond motifs is 1. The summed E-state index contributed by atoms with van der Waals surface area (Å²) in [4.78, 5) is 5.16. The first-order chi connectivity index (χ1) is 17.4. The van der Waals surface area contributed by atoms with E-state index in [1.54, 1.807) is 5.57 Å². The SMILES string of the molecule is C1=CCCCCCC/C(Cc2ccc3sc(CC4CCCCCCCCCCC4)nc3c2)=C\CC1. The molecule has 1 aromatic heterocycles. The first kappa shape index (κ1) is 26.6. The van der Waals surface area contributed by atoms with Crippen LogP contribution in [0.2, 0.25) is 0 Å². The number of hydrogen-bond acceptors (Lipinski definition) is 2. The monoisotopic (exact) mass is 491 g/mol. The molecule has 1 aromatic carbocycles. The van der Waals surface area contributed by atoms with E-state index < -0.39 is 0 Å². The largest absolute Gasteiger partial charge is 0.241 e. The van der Waals surface area contributed by atoms with E-state index in [4.69, 9.17) is 4.98 Å². The fraction of sp³-hybridized carbons (Fsp3) is 0.667. The van der Waals surface area contributed by atoms with Crippen molar-refractivity contribution in [2.75, 3.05) is 0 Å². The van der Waals surface area contributed by atoms with E-state index in [1.165, 1.54) is 149 Å². The highest BCUT2D eigenvalue weighted by Gasteiger charge is 2.14. The Morgan fingerprint density at radius 2 is 1.40 bits per heavy atom. The van der Waals surface area contributed by atoms with E-state index in [0.29, 0.717) is 0 Å². The highest BCUT2D eigenvalue weighted by Crippen LogP contribution is 2.30. The molecule has 1 fully saturated rings. The number of thiazole rings is 1. The summed E-state index contributed by atoms with van der Waals surface area (Å²) < 4.78 is 1.38. The van der Waals surface area contributed by atoms with Crippen LogP contribution < -0.4 is 0 Å². The summed E-state index contributed by atoms with van der Waals surface area (Å²) in [6, 6.07) is 7.12. The van der Waals surface area contributed by atoms with E-state index in [1.807, 2.05) is 11.3 Å². The minimum Gasteiger partial charge on any atom is -0.241 e. The summed E-state index contributed by atoms with van der Waals surface area (Å²) in [5.74, 6) is 0.838. The molecular formula is C33H49NS. The van der Waals surface area contributed by atoms with Gasteiger partial charge in [0.2, 0.25) is 0 Å². The maximum atomic E-state index is 5.16. The summed E-state index contributed by atoms with van der Waals surface area (Å²) in [6.45, 7) is 0. The molecule has 0 aliphatic heterocycles. The van der Waals surface area contributed by atoms with Crippen molar-refractivity contribution in [1.29, 1.82) is 0 Å². The number of nitrogens with zero attached hydrogens (tertiary/aromatic N) is 1. The standard InChI is InChI=1S/C33H49NS/c1-3-7-11-15-19-28(20-16-12-8-4-1)25-30-23-24-32-31(26-30)34-33(35-32)27-29-21-17-13-9-5-2-6-10-14-18-22-29/h3,7,19,23-24,26,29H,1-2,4-6,8-18,20-22,25,27H2/b7-3?,28-19+. The normalized spacial score (nSPS) is 22.3. The molecule has 0 saturated heterocycles. The van der Waals surface area contributed by atoms with Crippen molar-refractivity contribution in [3.8, 4) is 0 Å². The molecular weight excluding hydrogens is 442 g/mol. The zero-order chi connectivity index (χ0) is 24.0. The van der Waals surface area contributed by atoms with Crippen LogP contribution in [0.25, 0.3) is 10.2 Å². The van der Waals surface area contributed by atoms with Gasteiger partial charge in [-0.15, -0.1) is 11.3 Å². The molecule has 1 nitrogen and oxygen atoms in total. The molecule has 192 valence electrons. The fourth-order valence-corrected chi connectivity index (χ4v) is 7.09. The molecule has 0 N–H and O–H groups in total. The predicted octanol–water partition coefficient (Wildman–Crippen LogP) is 10.9. The van der Waals surface area contributed by atoms with Crippen LogP contribution in [-0.4, -0.2) is 4.98 Å². The molecule has 0 unspecified atom stereocenters. The van der Waals surface area contributed by atoms with Crippen LogP contribution >= 0.6 is 11.3 Å². The highest BCUT2D eigenvalue weighted by molar-refractivity contribution is 7.18. The van der Waals surface area contributed by atoms with Crippen molar-refractivity contribution < 1.29 is 0 Å². The van der Waals surface area contributed by atoms with E-state index in [0.717, 1.165) is 12.3 Å². The van der Waals surface area contributed by atoms with Crippen LogP contribution in [0.5, 0.6) is 0 Å². The van der Waals surface area contributed by atoms with Crippen molar-refractivity contribution in [3.05, 3.63) is 52.6 Å². The minimum atomic E-state index is 0.838. The zero-order valence-electron chi connectivity index (χ0n) is 22.2. The second-order valence-electron chi connectivity index (χ2n) is 11.3. The van der Waals surface area contributed by atoms with Crippen LogP contribution in [0.15, 0.2) is 42.0 Å². The molecule has 1 heterocycles. The summed E-state index contributed by atoms with van der Waals surface area (Å²) >= 11 is 1.96. The lowest BCUT2D eigenvalue weighted by Crippen LogP contribution is -2.05. The molecule has 1 saturated carbocycles. The Labute approximate surface area is 219 Å². The topological polar surface area (TPSA) is 12.9 Å². The van der Waals surface area contributed by atoms with Crippen molar-refractivity contribution in [1.82, 2.24) is 4.98 Å². The number of allylic oxidation sites excluding steroid dienone is 4. The third kappa shape index (κ3) is 9.87. The maximum Gasteiger partial charge on any atom is 0.0941 e. The van der Waals surface area contributed by atoms with Gasteiger partial charge >= 0.3 is 0 Å². The van der Waals surface area contributed by atoms with Crippen LogP contribution in [0.4, 0.5) is 0 Å². The van der Waals surface area contributed by atoms with Crippen LogP contribution in [0, 0.1) is 5.92 Å². The van der Waals surface area contributed by atoms with E-state index >= 15 is 0 Å². The van der Waals surface area contributed by atoms with Crippen LogP contribution in [0.1, 0.15) is 133 Å². The molecule has 2 aliphatic rings. The Morgan fingerprint density at radius 3 is 2.20 bits per heavy atom. The molecule has 2 aliphatic carbocycles. The van der Waals surface area contributed by atoms with Crippen molar-refractivity contribution in [3.63, 3.8) is 0 Å². The summed E-state index contributed by atoms with van der Waals surface area (Å²) in [6.07, 6.45) is 35.8. The van der Waals surface area contributed by atoms with Gasteiger partial charge in [0.15, 0.2) is 0 Å². The second-order valence-corrected chi connectivity index (χ2v) is 12.4. The minimum absolute atomic E-state index is 0.838. The number of rotatable bonds is 4. The maximum absolute atomic E-state index is 5.16.